The van der Waals surface area contributed by atoms with Crippen molar-refractivity contribution in [2.45, 2.75) is 64.5 Å². The highest BCUT2D eigenvalue weighted by Gasteiger charge is 2.35. The smallest absolute Gasteiger partial charge is 0.414 e. The molecule has 21 heavy (non-hydrogen) atoms. The van der Waals surface area contributed by atoms with E-state index in [0.29, 0.717) is 12.8 Å². The van der Waals surface area contributed by atoms with Gasteiger partial charge in [0.05, 0.1) is 12.0 Å². The minimum Gasteiger partial charge on any atom is -0.444 e. The van der Waals surface area contributed by atoms with Crippen LogP contribution >= 0.6 is 0 Å². The highest BCUT2D eigenvalue weighted by atomic mass is 16.6. The van der Waals surface area contributed by atoms with E-state index in [1.165, 1.54) is 0 Å². The third kappa shape index (κ3) is 5.57. The summed E-state index contributed by atoms with van der Waals surface area (Å²) in [5, 5.41) is 5.07. The van der Waals surface area contributed by atoms with Crippen molar-refractivity contribution < 1.29 is 14.3 Å². The Morgan fingerprint density at radius 2 is 2.24 bits per heavy atom. The van der Waals surface area contributed by atoms with Crippen LogP contribution in [0.2, 0.25) is 0 Å². The summed E-state index contributed by atoms with van der Waals surface area (Å²) < 4.78 is 5.16. The standard InChI is InChI=1S/C15H25N3O3/c1-6-8-9-15(7-2)10-11(19)16-12(18-15)17-13(20)21-14(3,4)5/h6H,1,7-10H2,2-5H3,(H2,16,17,18,19,20)/t15-/m1/s1. The number of hydrogen-bond acceptors (Lipinski definition) is 4. The molecule has 2 amide bonds. The number of alkyl carbamates (subject to hydrolysis) is 1. The van der Waals surface area contributed by atoms with Crippen LogP contribution in [0, 0.1) is 0 Å². The number of nitrogens with zero attached hydrogens (tertiary/aromatic N) is 1. The van der Waals surface area contributed by atoms with Crippen LogP contribution < -0.4 is 10.6 Å². The largest absolute Gasteiger partial charge is 0.444 e. The predicted molar refractivity (Wildman–Crippen MR) is 82.0 cm³/mol. The first-order chi connectivity index (χ1) is 9.69. The molecule has 1 aliphatic heterocycles. The summed E-state index contributed by atoms with van der Waals surface area (Å²) in [6.45, 7) is 11.0. The Morgan fingerprint density at radius 1 is 1.57 bits per heavy atom. The van der Waals surface area contributed by atoms with Crippen molar-refractivity contribution in [1.29, 1.82) is 0 Å². The van der Waals surface area contributed by atoms with Gasteiger partial charge in [0.25, 0.3) is 0 Å². The Hall–Kier alpha value is -1.85. The van der Waals surface area contributed by atoms with Crippen LogP contribution in [0.5, 0.6) is 0 Å². The third-order valence-electron chi connectivity index (χ3n) is 3.19. The number of carbonyl (C=O) groups excluding carboxylic acids is 2. The summed E-state index contributed by atoms with van der Waals surface area (Å²) in [7, 11) is 0. The van der Waals surface area contributed by atoms with Crippen molar-refractivity contribution in [3.8, 4) is 0 Å². The molecule has 0 saturated carbocycles. The van der Waals surface area contributed by atoms with Gasteiger partial charge in [0.2, 0.25) is 11.9 Å². The molecule has 0 fully saturated rings. The van der Waals surface area contributed by atoms with E-state index in [-0.39, 0.29) is 11.9 Å². The van der Waals surface area contributed by atoms with Gasteiger partial charge < -0.3 is 4.74 Å². The van der Waals surface area contributed by atoms with E-state index in [9.17, 15) is 9.59 Å². The van der Waals surface area contributed by atoms with Crippen LogP contribution in [-0.2, 0) is 9.53 Å². The Bertz CT molecular complexity index is 452. The summed E-state index contributed by atoms with van der Waals surface area (Å²) in [4.78, 5) is 28.1. The third-order valence-corrected chi connectivity index (χ3v) is 3.19. The number of rotatable bonds is 4. The molecule has 6 heteroatoms. The van der Waals surface area contributed by atoms with Gasteiger partial charge in [0, 0.05) is 0 Å². The average molecular weight is 295 g/mol. The minimum atomic E-state index is -0.628. The highest BCUT2D eigenvalue weighted by Crippen LogP contribution is 2.29. The van der Waals surface area contributed by atoms with E-state index in [2.05, 4.69) is 22.2 Å². The number of hydrogen-bond donors (Lipinski definition) is 2. The molecule has 0 saturated heterocycles. The second-order valence-electron chi connectivity index (χ2n) is 6.22. The van der Waals surface area contributed by atoms with Crippen LogP contribution in [0.1, 0.15) is 53.4 Å². The molecule has 0 aromatic carbocycles. The van der Waals surface area contributed by atoms with Gasteiger partial charge in [-0.1, -0.05) is 13.0 Å². The van der Waals surface area contributed by atoms with E-state index in [1.807, 2.05) is 6.92 Å². The molecule has 0 spiro atoms. The molecule has 118 valence electrons. The van der Waals surface area contributed by atoms with Gasteiger partial charge in [-0.05, 0) is 40.0 Å². The van der Waals surface area contributed by atoms with Crippen LogP contribution in [0.4, 0.5) is 4.79 Å². The molecule has 0 aromatic rings. The molecule has 0 aliphatic carbocycles. The normalized spacial score (nSPS) is 22.1. The Morgan fingerprint density at radius 3 is 2.76 bits per heavy atom. The minimum absolute atomic E-state index is 0.151. The van der Waals surface area contributed by atoms with Crippen molar-refractivity contribution in [2.75, 3.05) is 0 Å². The highest BCUT2D eigenvalue weighted by molar-refractivity contribution is 6.05. The van der Waals surface area contributed by atoms with Gasteiger partial charge in [0.15, 0.2) is 0 Å². The van der Waals surface area contributed by atoms with Crippen molar-refractivity contribution in [1.82, 2.24) is 10.6 Å². The molecule has 0 bridgehead atoms. The summed E-state index contributed by atoms with van der Waals surface area (Å²) in [5.74, 6) is 0.00776. The molecule has 0 unspecified atom stereocenters. The predicted octanol–water partition coefficient (Wildman–Crippen LogP) is 2.50. The first-order valence-corrected chi connectivity index (χ1v) is 7.20. The zero-order valence-electron chi connectivity index (χ0n) is 13.3. The van der Waals surface area contributed by atoms with Crippen LogP contribution in [0.15, 0.2) is 17.6 Å². The van der Waals surface area contributed by atoms with Crippen LogP contribution in [0.25, 0.3) is 0 Å². The van der Waals surface area contributed by atoms with E-state index >= 15 is 0 Å². The lowest BCUT2D eigenvalue weighted by Gasteiger charge is -2.32. The lowest BCUT2D eigenvalue weighted by Crippen LogP contribution is -2.52. The maximum atomic E-state index is 11.9. The summed E-state index contributed by atoms with van der Waals surface area (Å²) in [6.07, 6.45) is 3.70. The van der Waals surface area contributed by atoms with E-state index in [1.54, 1.807) is 26.8 Å². The molecule has 1 atom stereocenters. The number of guanidine groups is 1. The van der Waals surface area contributed by atoms with Crippen molar-refractivity contribution in [3.05, 3.63) is 12.7 Å². The molecular weight excluding hydrogens is 270 g/mol. The maximum absolute atomic E-state index is 11.9. The number of ether oxygens (including phenoxy) is 1. The van der Waals surface area contributed by atoms with Gasteiger partial charge in [0.1, 0.15) is 5.60 Å². The number of amides is 2. The van der Waals surface area contributed by atoms with E-state index in [0.717, 1.165) is 12.8 Å². The van der Waals surface area contributed by atoms with Crippen LogP contribution in [-0.4, -0.2) is 29.1 Å². The fraction of sp³-hybridized carbons (Fsp3) is 0.667. The number of aliphatic imine (C=N–C) groups is 1. The fourth-order valence-corrected chi connectivity index (χ4v) is 2.14. The first kappa shape index (κ1) is 17.2. The number of nitrogens with one attached hydrogen (secondary N) is 2. The SMILES string of the molecule is C=CCC[C@]1(CC)CC(=O)NC(NC(=O)OC(C)(C)C)=N1. The molecule has 0 aromatic heterocycles. The second kappa shape index (κ2) is 6.74. The average Bonchev–Trinajstić information content (AvgIpc) is 2.33. The Kier molecular flexibility index (Phi) is 5.52. The molecule has 1 aliphatic rings. The topological polar surface area (TPSA) is 79.8 Å². The monoisotopic (exact) mass is 295 g/mol. The molecule has 0 radical (unpaired) electrons. The fourth-order valence-electron chi connectivity index (χ4n) is 2.14. The van der Waals surface area contributed by atoms with Gasteiger partial charge in [-0.15, -0.1) is 6.58 Å². The van der Waals surface area contributed by atoms with Gasteiger partial charge in [-0.2, -0.15) is 0 Å². The summed E-state index contributed by atoms with van der Waals surface area (Å²) in [6, 6.07) is 0. The maximum Gasteiger partial charge on any atom is 0.414 e. The first-order valence-electron chi connectivity index (χ1n) is 7.20. The molecule has 1 rings (SSSR count). The molecular formula is C15H25N3O3. The van der Waals surface area contributed by atoms with Gasteiger partial charge in [-0.25, -0.2) is 9.79 Å². The van der Waals surface area contributed by atoms with Gasteiger partial charge >= 0.3 is 6.09 Å². The number of allylic oxidation sites excluding steroid dienone is 1. The second-order valence-corrected chi connectivity index (χ2v) is 6.22. The van der Waals surface area contributed by atoms with Crippen molar-refractivity contribution in [3.63, 3.8) is 0 Å². The van der Waals surface area contributed by atoms with Gasteiger partial charge in [-0.3, -0.25) is 15.4 Å². The number of carbonyl (C=O) groups is 2. The lowest BCUT2D eigenvalue weighted by atomic mass is 9.86. The Balaban J connectivity index is 2.84. The van der Waals surface area contributed by atoms with Crippen molar-refractivity contribution >= 4 is 18.0 Å². The molecule has 1 heterocycles. The van der Waals surface area contributed by atoms with E-state index < -0.39 is 17.2 Å². The Labute approximate surface area is 126 Å². The summed E-state index contributed by atoms with van der Waals surface area (Å²) in [5.41, 5.74) is -1.09. The molecule has 2 N–H and O–H groups in total. The van der Waals surface area contributed by atoms with Crippen LogP contribution in [0.3, 0.4) is 0 Å². The van der Waals surface area contributed by atoms with Crippen molar-refractivity contribution in [2.24, 2.45) is 4.99 Å². The lowest BCUT2D eigenvalue weighted by molar-refractivity contribution is -0.121. The zero-order chi connectivity index (χ0) is 16.1. The zero-order valence-corrected chi connectivity index (χ0v) is 13.3. The quantitative estimate of drug-likeness (QED) is 0.782. The molecule has 6 nitrogen and oxygen atoms in total. The summed E-state index contributed by atoms with van der Waals surface area (Å²) >= 11 is 0. The van der Waals surface area contributed by atoms with E-state index in [4.69, 9.17) is 4.74 Å².